The minimum atomic E-state index is -0.630. The van der Waals surface area contributed by atoms with Crippen LogP contribution in [0, 0.1) is 24.7 Å². The molecule has 0 radical (unpaired) electrons. The second-order valence-electron chi connectivity index (χ2n) is 13.7. The number of fused-ring (bicyclic) bond motifs is 2. The van der Waals surface area contributed by atoms with E-state index in [1.54, 1.807) is 19.1 Å². The number of hydrogen-bond donors (Lipinski definition) is 2. The summed E-state index contributed by atoms with van der Waals surface area (Å²) in [5, 5.41) is 11.1. The lowest BCUT2D eigenvalue weighted by Crippen LogP contribution is -2.55. The standard InChI is InChI=1S/C31H45N7O5/c1-19-10-26(36-38(19)30(40)43-31(2,3)4)33-25-14-27(42-18-22-16-41-17-22)35-29(34-25)32-15-21-11-23-6-5-7-24(12-21)37(23)28(39)13-20-8-9-20/h10,14,20-24H,5-9,11-13,15-18H2,1-4H3,(H2,32,33,34,35,36). The van der Waals surface area contributed by atoms with Gasteiger partial charge in [-0.25, -0.2) is 4.79 Å². The molecule has 2 aromatic heterocycles. The molecule has 1 saturated carbocycles. The fraction of sp³-hybridized carbons (Fsp3) is 0.710. The SMILES string of the molecule is Cc1cc(Nc2cc(OCC3COC3)nc(NCC3CC4CCCC(C3)N4C(=O)CC3CC3)n2)nn1C(=O)OC(C)(C)C. The van der Waals surface area contributed by atoms with Crippen LogP contribution in [0.25, 0.3) is 0 Å². The molecular weight excluding hydrogens is 550 g/mol. The van der Waals surface area contributed by atoms with Gasteiger partial charge in [0.05, 0.1) is 19.8 Å². The highest BCUT2D eigenvalue weighted by Gasteiger charge is 2.41. The number of aryl methyl sites for hydroxylation is 1. The van der Waals surface area contributed by atoms with Crippen LogP contribution in [0.4, 0.5) is 22.4 Å². The van der Waals surface area contributed by atoms with Crippen LogP contribution in [0.1, 0.15) is 77.8 Å². The van der Waals surface area contributed by atoms with E-state index in [0.29, 0.717) is 84.7 Å². The average molecular weight is 596 g/mol. The van der Waals surface area contributed by atoms with Gasteiger partial charge in [-0.05, 0) is 84.5 Å². The zero-order valence-corrected chi connectivity index (χ0v) is 25.8. The Bertz CT molecular complexity index is 1300. The highest BCUT2D eigenvalue weighted by atomic mass is 16.6. The molecule has 234 valence electrons. The van der Waals surface area contributed by atoms with Gasteiger partial charge in [0, 0.05) is 48.8 Å². The number of amides is 1. The van der Waals surface area contributed by atoms with Gasteiger partial charge in [0.2, 0.25) is 17.7 Å². The first-order valence-corrected chi connectivity index (χ1v) is 15.8. The fourth-order valence-electron chi connectivity index (χ4n) is 6.36. The van der Waals surface area contributed by atoms with Gasteiger partial charge in [-0.3, -0.25) is 4.79 Å². The monoisotopic (exact) mass is 595 g/mol. The number of ether oxygens (including phenoxy) is 3. The van der Waals surface area contributed by atoms with Crippen molar-refractivity contribution in [3.8, 4) is 5.88 Å². The summed E-state index contributed by atoms with van der Waals surface area (Å²) in [7, 11) is 0. The summed E-state index contributed by atoms with van der Waals surface area (Å²) in [6, 6.07) is 4.18. The van der Waals surface area contributed by atoms with E-state index in [9.17, 15) is 9.59 Å². The normalized spacial score (nSPS) is 23.8. The Morgan fingerprint density at radius 2 is 1.74 bits per heavy atom. The van der Waals surface area contributed by atoms with Gasteiger partial charge < -0.3 is 29.7 Å². The molecule has 3 saturated heterocycles. The van der Waals surface area contributed by atoms with Crippen molar-refractivity contribution >= 4 is 29.6 Å². The quantitative estimate of drug-likeness (QED) is 0.391. The van der Waals surface area contributed by atoms with Gasteiger partial charge in [-0.1, -0.05) is 0 Å². The van der Waals surface area contributed by atoms with E-state index in [1.807, 2.05) is 20.8 Å². The number of anilines is 3. The van der Waals surface area contributed by atoms with Gasteiger partial charge >= 0.3 is 6.09 Å². The minimum Gasteiger partial charge on any atom is -0.477 e. The first-order valence-electron chi connectivity index (χ1n) is 15.8. The van der Waals surface area contributed by atoms with Gasteiger partial charge in [-0.15, -0.1) is 5.10 Å². The number of aromatic nitrogens is 4. The molecule has 2 bridgehead atoms. The third kappa shape index (κ3) is 7.57. The summed E-state index contributed by atoms with van der Waals surface area (Å²) in [4.78, 5) is 37.3. The molecule has 3 aliphatic heterocycles. The van der Waals surface area contributed by atoms with E-state index in [2.05, 4.69) is 25.6 Å². The zero-order chi connectivity index (χ0) is 30.1. The summed E-state index contributed by atoms with van der Waals surface area (Å²) in [5.74, 6) is 3.65. The Balaban J connectivity index is 1.13. The molecule has 5 heterocycles. The maximum Gasteiger partial charge on any atom is 0.435 e. The van der Waals surface area contributed by atoms with Crippen LogP contribution in [0.3, 0.4) is 0 Å². The third-order valence-electron chi connectivity index (χ3n) is 8.66. The summed E-state index contributed by atoms with van der Waals surface area (Å²) < 4.78 is 18.0. The zero-order valence-electron chi connectivity index (χ0n) is 25.8. The second-order valence-corrected chi connectivity index (χ2v) is 13.7. The first-order chi connectivity index (χ1) is 20.6. The predicted molar refractivity (Wildman–Crippen MR) is 161 cm³/mol. The second kappa shape index (κ2) is 12.3. The minimum absolute atomic E-state index is 0.339. The van der Waals surface area contributed by atoms with Crippen molar-refractivity contribution in [2.75, 3.05) is 37.0 Å². The highest BCUT2D eigenvalue weighted by molar-refractivity contribution is 5.77. The fourth-order valence-corrected chi connectivity index (χ4v) is 6.36. The molecule has 0 aromatic carbocycles. The van der Waals surface area contributed by atoms with Crippen LogP contribution < -0.4 is 15.4 Å². The number of carbonyl (C=O) groups is 2. The molecular formula is C31H45N7O5. The molecule has 6 rings (SSSR count). The summed E-state index contributed by atoms with van der Waals surface area (Å²) >= 11 is 0. The molecule has 2 atom stereocenters. The smallest absolute Gasteiger partial charge is 0.435 e. The lowest BCUT2D eigenvalue weighted by molar-refractivity contribution is -0.142. The molecule has 4 fully saturated rings. The Morgan fingerprint density at radius 3 is 2.40 bits per heavy atom. The number of hydrogen-bond acceptors (Lipinski definition) is 10. The van der Waals surface area contributed by atoms with Gasteiger partial charge in [0.15, 0.2) is 5.82 Å². The Morgan fingerprint density at radius 1 is 1.00 bits per heavy atom. The van der Waals surface area contributed by atoms with Crippen LogP contribution in [0.15, 0.2) is 12.1 Å². The van der Waals surface area contributed by atoms with E-state index in [1.165, 1.54) is 23.9 Å². The molecule has 43 heavy (non-hydrogen) atoms. The number of rotatable bonds is 10. The highest BCUT2D eigenvalue weighted by Crippen LogP contribution is 2.40. The predicted octanol–water partition coefficient (Wildman–Crippen LogP) is 4.91. The third-order valence-corrected chi connectivity index (χ3v) is 8.66. The van der Waals surface area contributed by atoms with Crippen molar-refractivity contribution in [3.63, 3.8) is 0 Å². The van der Waals surface area contributed by atoms with Crippen LogP contribution in [0.2, 0.25) is 0 Å². The van der Waals surface area contributed by atoms with Crippen molar-refractivity contribution in [1.29, 1.82) is 0 Å². The summed E-state index contributed by atoms with van der Waals surface area (Å²) in [5.41, 5.74) is 0.00759. The Kier molecular flexibility index (Phi) is 8.48. The van der Waals surface area contributed by atoms with Gasteiger partial charge in [0.1, 0.15) is 11.4 Å². The molecule has 0 spiro atoms. The largest absolute Gasteiger partial charge is 0.477 e. The van der Waals surface area contributed by atoms with Gasteiger partial charge in [0.25, 0.3) is 0 Å². The van der Waals surface area contributed by atoms with E-state index in [0.717, 1.165) is 38.6 Å². The molecule has 2 unspecified atom stereocenters. The average Bonchev–Trinajstić information content (AvgIpc) is 3.64. The molecule has 1 aliphatic carbocycles. The van der Waals surface area contributed by atoms with Crippen molar-refractivity contribution in [2.45, 2.75) is 96.7 Å². The van der Waals surface area contributed by atoms with Crippen LogP contribution in [0.5, 0.6) is 5.88 Å². The summed E-state index contributed by atoms with van der Waals surface area (Å²) in [6.07, 6.45) is 8.01. The topological polar surface area (TPSA) is 133 Å². The molecule has 12 heteroatoms. The Hall–Kier alpha value is -3.41. The van der Waals surface area contributed by atoms with Gasteiger partial charge in [-0.2, -0.15) is 14.6 Å². The molecule has 2 N–H and O–H groups in total. The van der Waals surface area contributed by atoms with Crippen molar-refractivity contribution in [2.24, 2.45) is 17.8 Å². The van der Waals surface area contributed by atoms with Crippen molar-refractivity contribution in [1.82, 2.24) is 24.6 Å². The van der Waals surface area contributed by atoms with Crippen LogP contribution >= 0.6 is 0 Å². The van der Waals surface area contributed by atoms with E-state index in [-0.39, 0.29) is 0 Å². The maximum atomic E-state index is 13.1. The van der Waals surface area contributed by atoms with Crippen LogP contribution in [-0.2, 0) is 14.3 Å². The molecule has 12 nitrogen and oxygen atoms in total. The molecule has 2 aromatic rings. The van der Waals surface area contributed by atoms with Crippen molar-refractivity contribution in [3.05, 3.63) is 17.8 Å². The number of nitrogens with zero attached hydrogens (tertiary/aromatic N) is 5. The molecule has 1 amide bonds. The van der Waals surface area contributed by atoms with E-state index in [4.69, 9.17) is 19.2 Å². The van der Waals surface area contributed by atoms with E-state index >= 15 is 0 Å². The lowest BCUT2D eigenvalue weighted by atomic mass is 9.78. The summed E-state index contributed by atoms with van der Waals surface area (Å²) in [6.45, 7) is 9.87. The first kappa shape index (κ1) is 29.7. The van der Waals surface area contributed by atoms with Crippen molar-refractivity contribution < 1.29 is 23.8 Å². The number of carbonyl (C=O) groups excluding carboxylic acids is 2. The van der Waals surface area contributed by atoms with Crippen LogP contribution in [-0.4, -0.2) is 80.7 Å². The Labute approximate surface area is 253 Å². The maximum absolute atomic E-state index is 13.1. The number of nitrogens with one attached hydrogen (secondary N) is 2. The number of piperidine rings is 2. The van der Waals surface area contributed by atoms with E-state index < -0.39 is 11.7 Å². The molecule has 4 aliphatic rings. The lowest BCUT2D eigenvalue weighted by Gasteiger charge is -2.49.